The van der Waals surface area contributed by atoms with Gasteiger partial charge in [0, 0.05) is 41.7 Å². The molecule has 10 heteroatoms. The van der Waals surface area contributed by atoms with Gasteiger partial charge in [0.1, 0.15) is 42.1 Å². The van der Waals surface area contributed by atoms with Crippen LogP contribution in [0.25, 0.3) is 11.1 Å². The van der Waals surface area contributed by atoms with E-state index in [9.17, 15) is 24.7 Å². The van der Waals surface area contributed by atoms with Gasteiger partial charge in [0.15, 0.2) is 0 Å². The van der Waals surface area contributed by atoms with E-state index in [2.05, 4.69) is 10.3 Å². The number of carboxylic acid groups (broad SMARTS) is 1. The van der Waals surface area contributed by atoms with Crippen LogP contribution in [0.1, 0.15) is 40.3 Å². The summed E-state index contributed by atoms with van der Waals surface area (Å²) in [5, 5.41) is 31.0. The van der Waals surface area contributed by atoms with Crippen molar-refractivity contribution in [1.82, 2.24) is 10.3 Å². The number of pyridine rings is 1. The molecule has 3 aromatic carbocycles. The molecule has 0 spiro atoms. The number of fused-ring (bicyclic) bond motifs is 1. The van der Waals surface area contributed by atoms with Gasteiger partial charge in [0.05, 0.1) is 17.2 Å². The Morgan fingerprint density at radius 3 is 2.71 bits per heavy atom. The number of benzene rings is 3. The number of hydrogen-bond donors (Lipinski definition) is 3. The molecule has 3 N–H and O–H groups in total. The van der Waals surface area contributed by atoms with E-state index in [1.807, 2.05) is 30.3 Å². The van der Waals surface area contributed by atoms with E-state index in [4.69, 9.17) is 21.1 Å². The van der Waals surface area contributed by atoms with Gasteiger partial charge in [-0.1, -0.05) is 48.0 Å². The number of aromatic nitrogens is 1. The van der Waals surface area contributed by atoms with Gasteiger partial charge in [-0.05, 0) is 47.7 Å². The van der Waals surface area contributed by atoms with E-state index < -0.39 is 18.6 Å². The summed E-state index contributed by atoms with van der Waals surface area (Å²) < 4.78 is 27.1. The normalized spacial score (nSPS) is 14.6. The third kappa shape index (κ3) is 6.37. The minimum absolute atomic E-state index is 0.0433. The summed E-state index contributed by atoms with van der Waals surface area (Å²) in [4.78, 5) is 15.5. The van der Waals surface area contributed by atoms with Crippen LogP contribution in [-0.2, 0) is 24.4 Å². The average Bonchev–Trinajstić information content (AvgIpc) is 3.41. The van der Waals surface area contributed by atoms with Gasteiger partial charge in [-0.25, -0.2) is 4.39 Å². The van der Waals surface area contributed by atoms with Gasteiger partial charge in [-0.3, -0.25) is 15.1 Å². The first-order chi connectivity index (χ1) is 20.4. The first kappa shape index (κ1) is 29.0. The summed E-state index contributed by atoms with van der Waals surface area (Å²) >= 11 is 6.65. The second-order valence-corrected chi connectivity index (χ2v) is 10.2. The number of hydrogen-bond acceptors (Lipinski definition) is 7. The maximum Gasteiger partial charge on any atom is 0.323 e. The zero-order valence-electron chi connectivity index (χ0n) is 22.4. The Kier molecular flexibility index (Phi) is 8.98. The fourth-order valence-corrected chi connectivity index (χ4v) is 5.25. The fraction of sp³-hybridized carbons (Fsp3) is 0.219. The molecule has 1 unspecified atom stereocenters. The van der Waals surface area contributed by atoms with Crippen LogP contribution in [0, 0.1) is 17.1 Å². The minimum atomic E-state index is -1.19. The number of ether oxygens (including phenoxy) is 2. The Balaban J connectivity index is 1.43. The van der Waals surface area contributed by atoms with Crippen molar-refractivity contribution < 1.29 is 28.9 Å². The van der Waals surface area contributed by atoms with Crippen molar-refractivity contribution in [1.29, 1.82) is 5.26 Å². The minimum Gasteiger partial charge on any atom is -0.488 e. The van der Waals surface area contributed by atoms with E-state index in [0.29, 0.717) is 51.6 Å². The third-order valence-electron chi connectivity index (χ3n) is 7.10. The number of halogens is 2. The number of aliphatic carboxylic acids is 1. The third-order valence-corrected chi connectivity index (χ3v) is 7.40. The van der Waals surface area contributed by atoms with Crippen molar-refractivity contribution >= 4 is 17.6 Å². The van der Waals surface area contributed by atoms with Gasteiger partial charge in [0.2, 0.25) is 0 Å². The van der Waals surface area contributed by atoms with Crippen LogP contribution in [0.15, 0.2) is 73.1 Å². The second-order valence-electron chi connectivity index (χ2n) is 9.83. The second kappa shape index (κ2) is 13.0. The quantitative estimate of drug-likeness (QED) is 0.207. The molecule has 0 amide bonds. The van der Waals surface area contributed by atoms with Gasteiger partial charge in [-0.2, -0.15) is 5.26 Å². The molecule has 1 aliphatic rings. The standard InChI is InChI=1S/C32H27ClFN3O5/c33-26-11-21(16-37-28(17-38)32(39)40)30(41-18-20-10-19(13-35)14-36-15-20)12-31(26)42-29-9-8-23-22(5-3-6-25(23)29)24-4-1-2-7-27(24)34/h1-7,10-12,14-15,28-29,37-38H,8-9,16-18H2,(H,39,40)/t28-,29?/m0/s1. The Bertz CT molecular complexity index is 1660. The summed E-state index contributed by atoms with van der Waals surface area (Å²) in [5.41, 5.74) is 4.94. The lowest BCUT2D eigenvalue weighted by molar-refractivity contribution is -0.140. The molecule has 42 heavy (non-hydrogen) atoms. The molecule has 8 nitrogen and oxygen atoms in total. The molecule has 5 rings (SSSR count). The Hall–Kier alpha value is -4.49. The van der Waals surface area contributed by atoms with Gasteiger partial charge in [0.25, 0.3) is 0 Å². The van der Waals surface area contributed by atoms with E-state index in [1.54, 1.807) is 36.5 Å². The average molecular weight is 588 g/mol. The monoisotopic (exact) mass is 587 g/mol. The fourth-order valence-electron chi connectivity index (χ4n) is 5.01. The topological polar surface area (TPSA) is 125 Å². The predicted octanol–water partition coefficient (Wildman–Crippen LogP) is 5.59. The van der Waals surface area contributed by atoms with Crippen LogP contribution in [0.3, 0.4) is 0 Å². The van der Waals surface area contributed by atoms with Gasteiger partial charge < -0.3 is 19.7 Å². The first-order valence-corrected chi connectivity index (χ1v) is 13.7. The Morgan fingerprint density at radius 2 is 1.95 bits per heavy atom. The number of nitrogens with one attached hydrogen (secondary N) is 1. The zero-order valence-corrected chi connectivity index (χ0v) is 23.1. The molecule has 1 heterocycles. The summed E-state index contributed by atoms with van der Waals surface area (Å²) in [6.07, 6.45) is 4.07. The molecule has 0 aliphatic heterocycles. The van der Waals surface area contributed by atoms with E-state index >= 15 is 0 Å². The summed E-state index contributed by atoms with van der Waals surface area (Å²) in [7, 11) is 0. The molecule has 0 saturated carbocycles. The lowest BCUT2D eigenvalue weighted by Gasteiger charge is -2.20. The molecule has 1 aromatic heterocycles. The molecule has 0 saturated heterocycles. The molecule has 0 radical (unpaired) electrons. The van der Waals surface area contributed by atoms with Crippen LogP contribution in [0.4, 0.5) is 4.39 Å². The van der Waals surface area contributed by atoms with Crippen molar-refractivity contribution in [2.75, 3.05) is 6.61 Å². The van der Waals surface area contributed by atoms with Crippen LogP contribution in [-0.4, -0.2) is 33.8 Å². The Labute approximate surface area is 246 Å². The predicted molar refractivity (Wildman–Crippen MR) is 154 cm³/mol. The first-order valence-electron chi connectivity index (χ1n) is 13.3. The van der Waals surface area contributed by atoms with Crippen molar-refractivity contribution in [3.63, 3.8) is 0 Å². The largest absolute Gasteiger partial charge is 0.488 e. The number of aliphatic hydroxyl groups is 1. The molecular weight excluding hydrogens is 561 g/mol. The number of nitriles is 1. The highest BCUT2D eigenvalue weighted by Gasteiger charge is 2.28. The molecule has 0 bridgehead atoms. The van der Waals surface area contributed by atoms with Crippen molar-refractivity contribution in [3.05, 3.63) is 112 Å². The highest BCUT2D eigenvalue weighted by Crippen LogP contribution is 2.43. The number of carboxylic acids is 1. The van der Waals surface area contributed by atoms with E-state index in [-0.39, 0.29) is 25.1 Å². The van der Waals surface area contributed by atoms with Crippen LogP contribution >= 0.6 is 11.6 Å². The van der Waals surface area contributed by atoms with Gasteiger partial charge in [-0.15, -0.1) is 0 Å². The molecular formula is C32H27ClFN3O5. The number of nitrogens with zero attached hydrogens (tertiary/aromatic N) is 2. The van der Waals surface area contributed by atoms with E-state index in [1.165, 1.54) is 12.3 Å². The highest BCUT2D eigenvalue weighted by molar-refractivity contribution is 6.32. The highest BCUT2D eigenvalue weighted by atomic mass is 35.5. The SMILES string of the molecule is N#Cc1cncc(COc2cc(OC3CCc4c(-c5ccccc5F)cccc43)c(Cl)cc2CN[C@@H](CO)C(=O)O)c1. The smallest absolute Gasteiger partial charge is 0.323 e. The zero-order chi connectivity index (χ0) is 29.6. The molecule has 214 valence electrons. The molecule has 2 atom stereocenters. The maximum absolute atomic E-state index is 14.6. The molecule has 1 aliphatic carbocycles. The summed E-state index contributed by atoms with van der Waals surface area (Å²) in [6, 6.07) is 18.3. The van der Waals surface area contributed by atoms with Gasteiger partial charge >= 0.3 is 5.97 Å². The van der Waals surface area contributed by atoms with Crippen LogP contribution in [0.5, 0.6) is 11.5 Å². The summed E-state index contributed by atoms with van der Waals surface area (Å²) in [6.45, 7) is -0.470. The lowest BCUT2D eigenvalue weighted by Crippen LogP contribution is -2.39. The number of carbonyl (C=O) groups is 1. The Morgan fingerprint density at radius 1 is 1.14 bits per heavy atom. The molecule has 4 aromatic rings. The van der Waals surface area contributed by atoms with Crippen LogP contribution in [0.2, 0.25) is 5.02 Å². The number of rotatable bonds is 11. The van der Waals surface area contributed by atoms with Crippen molar-refractivity contribution in [3.8, 4) is 28.7 Å². The van der Waals surface area contributed by atoms with Crippen molar-refractivity contribution in [2.45, 2.75) is 38.1 Å². The molecule has 0 fully saturated rings. The lowest BCUT2D eigenvalue weighted by atomic mass is 9.96. The maximum atomic E-state index is 14.6. The van der Waals surface area contributed by atoms with E-state index in [0.717, 1.165) is 16.7 Å². The number of aliphatic hydroxyl groups excluding tert-OH is 1. The van der Waals surface area contributed by atoms with Crippen molar-refractivity contribution in [2.24, 2.45) is 0 Å². The summed E-state index contributed by atoms with van der Waals surface area (Å²) in [5.74, 6) is -0.735. The van der Waals surface area contributed by atoms with Crippen LogP contribution < -0.4 is 14.8 Å².